The fourth-order valence-corrected chi connectivity index (χ4v) is 2.52. The Balaban J connectivity index is 1.85. The smallest absolute Gasteiger partial charge is 0.310 e. The monoisotopic (exact) mass is 251 g/mol. The Morgan fingerprint density at radius 3 is 2.94 bits per heavy atom. The lowest BCUT2D eigenvalue weighted by atomic mass is 10.0. The van der Waals surface area contributed by atoms with Gasteiger partial charge in [-0.2, -0.15) is 0 Å². The van der Waals surface area contributed by atoms with Gasteiger partial charge in [-0.3, -0.25) is 4.79 Å². The van der Waals surface area contributed by atoms with Gasteiger partial charge in [0.25, 0.3) is 0 Å². The molecule has 1 fully saturated rings. The summed E-state index contributed by atoms with van der Waals surface area (Å²) in [6.45, 7) is 0.665. The molecule has 1 aromatic rings. The summed E-state index contributed by atoms with van der Waals surface area (Å²) in [6, 6.07) is 4.30. The molecule has 0 spiro atoms. The number of ether oxygens (including phenoxy) is 1. The maximum atomic E-state index is 11.7. The predicted molar refractivity (Wildman–Crippen MR) is 68.2 cm³/mol. The molecule has 0 radical (unpaired) electrons. The molecular weight excluding hydrogens is 230 g/mol. The minimum absolute atomic E-state index is 0.165. The van der Waals surface area contributed by atoms with Crippen molar-refractivity contribution in [3.05, 3.63) is 24.2 Å². The van der Waals surface area contributed by atoms with Crippen LogP contribution in [-0.2, 0) is 16.0 Å². The number of carbonyl (C=O) groups is 1. The number of methoxy groups -OCH3 is 1. The zero-order chi connectivity index (χ0) is 12.8. The van der Waals surface area contributed by atoms with Crippen LogP contribution in [0.1, 0.15) is 31.4 Å². The number of hydrogen-bond donors (Lipinski definition) is 1. The molecule has 0 saturated heterocycles. The second-order valence-electron chi connectivity index (χ2n) is 4.89. The summed E-state index contributed by atoms with van der Waals surface area (Å²) in [7, 11) is 1.44. The van der Waals surface area contributed by atoms with Crippen LogP contribution in [0.4, 0.5) is 0 Å². The van der Waals surface area contributed by atoms with Crippen LogP contribution < -0.4 is 5.32 Å². The highest BCUT2D eigenvalue weighted by Gasteiger charge is 2.23. The van der Waals surface area contributed by atoms with E-state index in [1.165, 1.54) is 32.8 Å². The summed E-state index contributed by atoms with van der Waals surface area (Å²) in [5.74, 6) is 0.497. The molecule has 1 heterocycles. The molecule has 0 aromatic carbocycles. The van der Waals surface area contributed by atoms with Gasteiger partial charge in [-0.05, 0) is 25.0 Å². The Morgan fingerprint density at radius 1 is 1.56 bits per heavy atom. The molecule has 1 atom stereocenters. The molecule has 1 aromatic heterocycles. The highest BCUT2D eigenvalue weighted by atomic mass is 16.5. The van der Waals surface area contributed by atoms with Gasteiger partial charge in [-0.1, -0.05) is 12.8 Å². The molecule has 1 aliphatic carbocycles. The van der Waals surface area contributed by atoms with Crippen LogP contribution in [0.25, 0.3) is 0 Å². The first-order chi connectivity index (χ1) is 8.79. The minimum atomic E-state index is -0.170. The molecule has 1 aliphatic rings. The normalized spacial score (nSPS) is 17.8. The van der Waals surface area contributed by atoms with Gasteiger partial charge < -0.3 is 14.5 Å². The average molecular weight is 251 g/mol. The number of hydrogen-bond acceptors (Lipinski definition) is 4. The number of nitrogens with one attached hydrogen (secondary N) is 1. The number of rotatable bonds is 6. The van der Waals surface area contributed by atoms with E-state index in [9.17, 15) is 4.79 Å². The molecule has 2 rings (SSSR count). The lowest BCUT2D eigenvalue weighted by Crippen LogP contribution is -2.36. The number of furan rings is 1. The van der Waals surface area contributed by atoms with Crippen LogP contribution in [0.3, 0.4) is 0 Å². The second-order valence-corrected chi connectivity index (χ2v) is 4.89. The summed E-state index contributed by atoms with van der Waals surface area (Å²) in [5, 5.41) is 3.47. The van der Waals surface area contributed by atoms with Crippen molar-refractivity contribution in [2.24, 2.45) is 5.92 Å². The third-order valence-corrected chi connectivity index (χ3v) is 3.57. The van der Waals surface area contributed by atoms with Gasteiger partial charge in [0, 0.05) is 19.0 Å². The van der Waals surface area contributed by atoms with Gasteiger partial charge >= 0.3 is 5.97 Å². The molecular formula is C14H21NO3. The van der Waals surface area contributed by atoms with Crippen molar-refractivity contribution in [2.75, 3.05) is 13.7 Å². The first-order valence-electron chi connectivity index (χ1n) is 6.63. The van der Waals surface area contributed by atoms with E-state index in [1.54, 1.807) is 6.26 Å². The molecule has 4 nitrogen and oxygen atoms in total. The van der Waals surface area contributed by atoms with Gasteiger partial charge in [-0.25, -0.2) is 0 Å². The van der Waals surface area contributed by atoms with Crippen molar-refractivity contribution in [2.45, 2.75) is 38.1 Å². The molecule has 1 N–H and O–H groups in total. The number of carbonyl (C=O) groups excluding carboxylic acids is 1. The van der Waals surface area contributed by atoms with E-state index in [2.05, 4.69) is 5.32 Å². The zero-order valence-corrected chi connectivity index (χ0v) is 10.9. The summed E-state index contributed by atoms with van der Waals surface area (Å²) < 4.78 is 10.2. The Bertz CT molecular complexity index is 355. The highest BCUT2D eigenvalue weighted by molar-refractivity contribution is 5.72. The summed E-state index contributed by atoms with van der Waals surface area (Å²) >= 11 is 0. The maximum Gasteiger partial charge on any atom is 0.310 e. The van der Waals surface area contributed by atoms with Crippen molar-refractivity contribution in [3.8, 4) is 0 Å². The lowest BCUT2D eigenvalue weighted by Gasteiger charge is -2.17. The Morgan fingerprint density at radius 2 is 2.33 bits per heavy atom. The van der Waals surface area contributed by atoms with Crippen LogP contribution in [0.5, 0.6) is 0 Å². The zero-order valence-electron chi connectivity index (χ0n) is 10.9. The van der Waals surface area contributed by atoms with E-state index in [1.807, 2.05) is 12.1 Å². The Labute approximate surface area is 108 Å². The molecule has 0 amide bonds. The van der Waals surface area contributed by atoms with Crippen molar-refractivity contribution in [1.29, 1.82) is 0 Å². The molecule has 1 unspecified atom stereocenters. The summed E-state index contributed by atoms with van der Waals surface area (Å²) in [5.41, 5.74) is 0. The molecule has 18 heavy (non-hydrogen) atoms. The van der Waals surface area contributed by atoms with Crippen LogP contribution >= 0.6 is 0 Å². The van der Waals surface area contributed by atoms with Crippen molar-refractivity contribution in [3.63, 3.8) is 0 Å². The third-order valence-electron chi connectivity index (χ3n) is 3.57. The SMILES string of the molecule is COC(=O)C(CNC1CCCC1)Cc1ccco1. The van der Waals surface area contributed by atoms with Crippen LogP contribution in [0, 0.1) is 5.92 Å². The average Bonchev–Trinajstić information content (AvgIpc) is 3.06. The van der Waals surface area contributed by atoms with Gasteiger partial charge in [0.05, 0.1) is 19.3 Å². The molecule has 1 saturated carbocycles. The quantitative estimate of drug-likeness (QED) is 0.787. The summed E-state index contributed by atoms with van der Waals surface area (Å²) in [6.07, 6.45) is 7.24. The van der Waals surface area contributed by atoms with E-state index >= 15 is 0 Å². The Hall–Kier alpha value is -1.29. The first kappa shape index (κ1) is 13.1. The third kappa shape index (κ3) is 3.60. The van der Waals surface area contributed by atoms with Crippen LogP contribution in [0.15, 0.2) is 22.8 Å². The van der Waals surface area contributed by atoms with E-state index < -0.39 is 0 Å². The van der Waals surface area contributed by atoms with E-state index in [-0.39, 0.29) is 11.9 Å². The van der Waals surface area contributed by atoms with Crippen molar-refractivity contribution >= 4 is 5.97 Å². The van der Waals surface area contributed by atoms with Gasteiger partial charge in [-0.15, -0.1) is 0 Å². The van der Waals surface area contributed by atoms with Gasteiger partial charge in [0.2, 0.25) is 0 Å². The maximum absolute atomic E-state index is 11.7. The van der Waals surface area contributed by atoms with Gasteiger partial charge in [0.15, 0.2) is 0 Å². The fourth-order valence-electron chi connectivity index (χ4n) is 2.52. The highest BCUT2D eigenvalue weighted by Crippen LogP contribution is 2.18. The van der Waals surface area contributed by atoms with Crippen LogP contribution in [0.2, 0.25) is 0 Å². The fraction of sp³-hybridized carbons (Fsp3) is 0.643. The predicted octanol–water partition coefficient (Wildman–Crippen LogP) is 2.14. The van der Waals surface area contributed by atoms with Crippen molar-refractivity contribution < 1.29 is 13.9 Å². The Kier molecular flexibility index (Phi) is 4.81. The number of esters is 1. The standard InChI is InChI=1S/C14H21NO3/c1-17-14(16)11(9-13-7-4-8-18-13)10-15-12-5-2-3-6-12/h4,7-8,11-12,15H,2-3,5-6,9-10H2,1H3. The molecule has 100 valence electrons. The van der Waals surface area contributed by atoms with Gasteiger partial charge in [0.1, 0.15) is 5.76 Å². The summed E-state index contributed by atoms with van der Waals surface area (Å²) in [4.78, 5) is 11.7. The largest absolute Gasteiger partial charge is 0.469 e. The molecule has 0 aliphatic heterocycles. The topological polar surface area (TPSA) is 51.5 Å². The van der Waals surface area contributed by atoms with E-state index in [0.29, 0.717) is 19.0 Å². The lowest BCUT2D eigenvalue weighted by molar-refractivity contribution is -0.145. The van der Waals surface area contributed by atoms with E-state index in [4.69, 9.17) is 9.15 Å². The van der Waals surface area contributed by atoms with Crippen LogP contribution in [-0.4, -0.2) is 25.7 Å². The minimum Gasteiger partial charge on any atom is -0.469 e. The molecule has 4 heteroatoms. The second kappa shape index (κ2) is 6.59. The van der Waals surface area contributed by atoms with Crippen molar-refractivity contribution in [1.82, 2.24) is 5.32 Å². The first-order valence-corrected chi connectivity index (χ1v) is 6.63. The molecule has 0 bridgehead atoms. The van der Waals surface area contributed by atoms with E-state index in [0.717, 1.165) is 5.76 Å².